The van der Waals surface area contributed by atoms with Crippen LogP contribution in [0.2, 0.25) is 0 Å². The molecule has 1 aromatic rings. The lowest BCUT2D eigenvalue weighted by molar-refractivity contribution is -0.384. The highest BCUT2D eigenvalue weighted by molar-refractivity contribution is 7.98. The predicted molar refractivity (Wildman–Crippen MR) is 75.9 cm³/mol. The Morgan fingerprint density at radius 3 is 2.37 bits per heavy atom. The van der Waals surface area contributed by atoms with Gasteiger partial charge in [-0.3, -0.25) is 10.1 Å². The molecule has 19 heavy (non-hydrogen) atoms. The maximum absolute atomic E-state index is 12.1. The number of hydrogen-bond donors (Lipinski definition) is 1. The lowest BCUT2D eigenvalue weighted by Crippen LogP contribution is -2.36. The van der Waals surface area contributed by atoms with E-state index in [-0.39, 0.29) is 16.6 Å². The Morgan fingerprint density at radius 1 is 1.37 bits per heavy atom. The number of nitrogens with zero attached hydrogens (tertiary/aromatic N) is 1. The van der Waals surface area contributed by atoms with Crippen molar-refractivity contribution in [3.8, 4) is 0 Å². The van der Waals surface area contributed by atoms with E-state index in [0.29, 0.717) is 12.2 Å². The molecule has 0 unspecified atom stereocenters. The zero-order valence-corrected chi connectivity index (χ0v) is 12.3. The summed E-state index contributed by atoms with van der Waals surface area (Å²) in [6.07, 6.45) is 2.59. The Bertz CT molecular complexity index is 528. The van der Waals surface area contributed by atoms with E-state index in [1.54, 1.807) is 11.8 Å². The summed E-state index contributed by atoms with van der Waals surface area (Å²) < 4.78 is 26.7. The predicted octanol–water partition coefficient (Wildman–Crippen LogP) is 2.01. The largest absolute Gasteiger partial charge is 0.269 e. The standard InChI is InChI=1S/C11H16N2O4S2/c1-3-9(8-18-2)12-19(16,17)11-6-4-10(5-7-11)13(14)15/h4-7,9,12H,3,8H2,1-2H3/t9-/m1/s1. The fraction of sp³-hybridized carbons (Fsp3) is 0.455. The molecular formula is C11H16N2O4S2. The summed E-state index contributed by atoms with van der Waals surface area (Å²) in [6, 6.07) is 4.71. The molecule has 0 aromatic heterocycles. The minimum absolute atomic E-state index is 0.0395. The van der Waals surface area contributed by atoms with Gasteiger partial charge >= 0.3 is 0 Å². The second-order valence-electron chi connectivity index (χ2n) is 3.93. The third kappa shape index (κ3) is 4.48. The maximum atomic E-state index is 12.1. The molecule has 1 rings (SSSR count). The van der Waals surface area contributed by atoms with Crippen molar-refractivity contribution < 1.29 is 13.3 Å². The smallest absolute Gasteiger partial charge is 0.258 e. The number of non-ortho nitro benzene ring substituents is 1. The van der Waals surface area contributed by atoms with Gasteiger partial charge in [-0.15, -0.1) is 0 Å². The number of thioether (sulfide) groups is 1. The van der Waals surface area contributed by atoms with Gasteiger partial charge < -0.3 is 0 Å². The first-order chi connectivity index (χ1) is 8.90. The van der Waals surface area contributed by atoms with E-state index in [2.05, 4.69) is 4.72 Å². The van der Waals surface area contributed by atoms with Gasteiger partial charge in [-0.25, -0.2) is 13.1 Å². The van der Waals surface area contributed by atoms with Crippen molar-refractivity contribution in [3.63, 3.8) is 0 Å². The van der Waals surface area contributed by atoms with Crippen molar-refractivity contribution in [2.24, 2.45) is 0 Å². The van der Waals surface area contributed by atoms with E-state index >= 15 is 0 Å². The molecule has 0 aliphatic carbocycles. The molecule has 0 fully saturated rings. The number of nitro groups is 1. The van der Waals surface area contributed by atoms with E-state index in [1.165, 1.54) is 24.3 Å². The van der Waals surface area contributed by atoms with Gasteiger partial charge in [0.2, 0.25) is 10.0 Å². The normalized spacial score (nSPS) is 13.2. The summed E-state index contributed by atoms with van der Waals surface area (Å²) in [7, 11) is -3.62. The first-order valence-electron chi connectivity index (χ1n) is 5.66. The van der Waals surface area contributed by atoms with Crippen LogP contribution in [0.25, 0.3) is 0 Å². The minimum atomic E-state index is -3.62. The number of sulfonamides is 1. The molecule has 0 bridgehead atoms. The van der Waals surface area contributed by atoms with E-state index < -0.39 is 14.9 Å². The average molecular weight is 304 g/mol. The van der Waals surface area contributed by atoms with Crippen LogP contribution in [-0.4, -0.2) is 31.4 Å². The van der Waals surface area contributed by atoms with Crippen molar-refractivity contribution in [2.45, 2.75) is 24.3 Å². The second kappa shape index (κ2) is 6.88. The lowest BCUT2D eigenvalue weighted by atomic mass is 10.3. The molecule has 0 amide bonds. The molecule has 0 saturated heterocycles. The Hall–Kier alpha value is -1.12. The molecule has 8 heteroatoms. The Kier molecular flexibility index (Phi) is 5.77. The van der Waals surface area contributed by atoms with Crippen LogP contribution < -0.4 is 4.72 Å². The first kappa shape index (κ1) is 15.9. The molecule has 0 aliphatic heterocycles. The third-order valence-corrected chi connectivity index (χ3v) is 4.81. The Balaban J connectivity index is 2.90. The van der Waals surface area contributed by atoms with Crippen LogP contribution >= 0.6 is 11.8 Å². The van der Waals surface area contributed by atoms with Crippen LogP contribution in [-0.2, 0) is 10.0 Å². The van der Waals surface area contributed by atoms with Gasteiger partial charge in [0, 0.05) is 23.9 Å². The lowest BCUT2D eigenvalue weighted by Gasteiger charge is -2.15. The third-order valence-electron chi connectivity index (χ3n) is 2.54. The molecule has 106 valence electrons. The molecule has 1 atom stereocenters. The highest BCUT2D eigenvalue weighted by Crippen LogP contribution is 2.16. The summed E-state index contributed by atoms with van der Waals surface area (Å²) in [5.41, 5.74) is -0.130. The summed E-state index contributed by atoms with van der Waals surface area (Å²) in [5, 5.41) is 10.5. The fourth-order valence-electron chi connectivity index (χ4n) is 1.47. The van der Waals surface area contributed by atoms with Crippen LogP contribution in [0.3, 0.4) is 0 Å². The van der Waals surface area contributed by atoms with Crippen molar-refractivity contribution in [2.75, 3.05) is 12.0 Å². The van der Waals surface area contributed by atoms with Crippen LogP contribution in [0.5, 0.6) is 0 Å². The van der Waals surface area contributed by atoms with Crippen molar-refractivity contribution in [1.29, 1.82) is 0 Å². The number of nitrogens with one attached hydrogen (secondary N) is 1. The van der Waals surface area contributed by atoms with Gasteiger partial charge in [-0.2, -0.15) is 11.8 Å². The van der Waals surface area contributed by atoms with E-state index in [4.69, 9.17) is 0 Å². The summed E-state index contributed by atoms with van der Waals surface area (Å²) in [6.45, 7) is 1.90. The van der Waals surface area contributed by atoms with E-state index in [9.17, 15) is 18.5 Å². The van der Waals surface area contributed by atoms with Gasteiger partial charge in [-0.05, 0) is 24.8 Å². The highest BCUT2D eigenvalue weighted by Gasteiger charge is 2.19. The molecule has 0 spiro atoms. The zero-order valence-electron chi connectivity index (χ0n) is 10.7. The van der Waals surface area contributed by atoms with Gasteiger partial charge in [0.1, 0.15) is 0 Å². The van der Waals surface area contributed by atoms with Crippen molar-refractivity contribution in [1.82, 2.24) is 4.72 Å². The quantitative estimate of drug-likeness (QED) is 0.615. The fourth-order valence-corrected chi connectivity index (χ4v) is 3.62. The first-order valence-corrected chi connectivity index (χ1v) is 8.54. The van der Waals surface area contributed by atoms with Crippen LogP contribution in [0.1, 0.15) is 13.3 Å². The van der Waals surface area contributed by atoms with Crippen LogP contribution in [0.4, 0.5) is 5.69 Å². The molecular weight excluding hydrogens is 288 g/mol. The van der Waals surface area contributed by atoms with Crippen molar-refractivity contribution >= 4 is 27.5 Å². The number of hydrogen-bond acceptors (Lipinski definition) is 5. The monoisotopic (exact) mass is 304 g/mol. The summed E-state index contributed by atoms with van der Waals surface area (Å²) in [5.74, 6) is 0.683. The topological polar surface area (TPSA) is 89.3 Å². The number of nitro benzene ring substituents is 1. The SMILES string of the molecule is CC[C@H](CSC)NS(=O)(=O)c1ccc([N+](=O)[O-])cc1. The molecule has 0 saturated carbocycles. The Morgan fingerprint density at radius 2 is 1.95 bits per heavy atom. The number of benzene rings is 1. The molecule has 0 heterocycles. The molecule has 1 aromatic carbocycles. The molecule has 1 N–H and O–H groups in total. The zero-order chi connectivity index (χ0) is 14.5. The van der Waals surface area contributed by atoms with Crippen molar-refractivity contribution in [3.05, 3.63) is 34.4 Å². The van der Waals surface area contributed by atoms with Gasteiger partial charge in [0.25, 0.3) is 5.69 Å². The maximum Gasteiger partial charge on any atom is 0.269 e. The van der Waals surface area contributed by atoms with Crippen LogP contribution in [0.15, 0.2) is 29.2 Å². The highest BCUT2D eigenvalue weighted by atomic mass is 32.2. The molecule has 0 aliphatic rings. The van der Waals surface area contributed by atoms with E-state index in [0.717, 1.165) is 0 Å². The van der Waals surface area contributed by atoms with E-state index in [1.807, 2.05) is 13.2 Å². The molecule has 6 nitrogen and oxygen atoms in total. The molecule has 0 radical (unpaired) electrons. The minimum Gasteiger partial charge on any atom is -0.258 e. The van der Waals surface area contributed by atoms with Gasteiger partial charge in [0.15, 0.2) is 0 Å². The summed E-state index contributed by atoms with van der Waals surface area (Å²) >= 11 is 1.56. The summed E-state index contributed by atoms with van der Waals surface area (Å²) in [4.78, 5) is 9.99. The van der Waals surface area contributed by atoms with Crippen LogP contribution in [0, 0.1) is 10.1 Å². The number of rotatable bonds is 7. The Labute approximate surface area is 116 Å². The average Bonchev–Trinajstić information content (AvgIpc) is 2.38. The second-order valence-corrected chi connectivity index (χ2v) is 6.56. The van der Waals surface area contributed by atoms with Gasteiger partial charge in [0.05, 0.1) is 9.82 Å². The van der Waals surface area contributed by atoms with Gasteiger partial charge in [-0.1, -0.05) is 6.92 Å².